The van der Waals surface area contributed by atoms with Crippen LogP contribution in [0.5, 0.6) is 0 Å². The van der Waals surface area contributed by atoms with Gasteiger partial charge >= 0.3 is 0 Å². The largest absolute Gasteiger partial charge is 0.375 e. The number of carbonyl (C=O) groups is 1. The standard InChI is InChI=1S/C29H30N4O3/c1-6-10-19-15(7-2)23-24-17(14-31-28(24)34)22-16-11-8-9-12-20(16)33-26(22)25(23)32(19)21-13-18(30-4)27(35-5)29(33,3)36-21/h6-12,18,21,27,30H,2,13-14H2,1,3-5H3,(H,31,34)/b10-6-. The molecule has 3 aliphatic rings. The molecule has 2 bridgehead atoms. The van der Waals surface area contributed by atoms with Gasteiger partial charge in [0.1, 0.15) is 12.3 Å². The van der Waals surface area contributed by atoms with E-state index in [1.807, 2.05) is 26.1 Å². The molecule has 4 atom stereocenters. The normalized spacial score (nSPS) is 26.9. The summed E-state index contributed by atoms with van der Waals surface area (Å²) < 4.78 is 17.9. The van der Waals surface area contributed by atoms with Gasteiger partial charge in [0.25, 0.3) is 5.91 Å². The number of benzene rings is 2. The Morgan fingerprint density at radius 3 is 2.81 bits per heavy atom. The number of carbonyl (C=O) groups excluding carboxylic acids is 1. The van der Waals surface area contributed by atoms with E-state index in [1.54, 1.807) is 7.11 Å². The molecule has 7 rings (SSSR count). The first-order chi connectivity index (χ1) is 17.5. The van der Waals surface area contributed by atoms with Crippen molar-refractivity contribution < 1.29 is 14.3 Å². The first-order valence-corrected chi connectivity index (χ1v) is 12.6. The van der Waals surface area contributed by atoms with E-state index in [0.29, 0.717) is 6.54 Å². The van der Waals surface area contributed by atoms with Crippen LogP contribution in [0.4, 0.5) is 0 Å². The Hall–Kier alpha value is -3.39. The van der Waals surface area contributed by atoms with E-state index in [9.17, 15) is 4.79 Å². The summed E-state index contributed by atoms with van der Waals surface area (Å²) in [5.74, 6) is -0.0294. The van der Waals surface area contributed by atoms with Gasteiger partial charge < -0.3 is 29.2 Å². The highest BCUT2D eigenvalue weighted by Gasteiger charge is 2.53. The smallest absolute Gasteiger partial charge is 0.252 e. The second kappa shape index (κ2) is 7.32. The quantitative estimate of drug-likeness (QED) is 0.435. The van der Waals surface area contributed by atoms with Crippen LogP contribution in [0.15, 0.2) is 36.9 Å². The van der Waals surface area contributed by atoms with Crippen LogP contribution in [0.3, 0.4) is 0 Å². The van der Waals surface area contributed by atoms with Crippen LogP contribution in [0.25, 0.3) is 44.9 Å². The molecule has 0 aliphatic carbocycles. The number of ether oxygens (including phenoxy) is 2. The number of hydrogen-bond acceptors (Lipinski definition) is 4. The van der Waals surface area contributed by atoms with Gasteiger partial charge in [0.2, 0.25) is 0 Å². The lowest BCUT2D eigenvalue weighted by Crippen LogP contribution is -2.59. The van der Waals surface area contributed by atoms with Crippen LogP contribution >= 0.6 is 0 Å². The van der Waals surface area contributed by atoms with Gasteiger partial charge in [0.15, 0.2) is 5.72 Å². The molecule has 2 aromatic heterocycles. The molecule has 0 saturated carbocycles. The minimum absolute atomic E-state index is 0.0294. The van der Waals surface area contributed by atoms with Gasteiger partial charge in [0, 0.05) is 47.8 Å². The predicted molar refractivity (Wildman–Crippen MR) is 143 cm³/mol. The molecule has 2 aromatic carbocycles. The summed E-state index contributed by atoms with van der Waals surface area (Å²) in [5.41, 5.74) is 6.18. The predicted octanol–water partition coefficient (Wildman–Crippen LogP) is 4.88. The van der Waals surface area contributed by atoms with Crippen molar-refractivity contribution in [2.24, 2.45) is 0 Å². The molecule has 184 valence electrons. The van der Waals surface area contributed by atoms with Crippen LogP contribution < -0.4 is 10.6 Å². The lowest BCUT2D eigenvalue weighted by atomic mass is 9.93. The van der Waals surface area contributed by atoms with Gasteiger partial charge in [-0.3, -0.25) is 4.79 Å². The molecule has 1 saturated heterocycles. The molecule has 4 unspecified atom stereocenters. The molecular formula is C29H30N4O3. The molecule has 36 heavy (non-hydrogen) atoms. The van der Waals surface area contributed by atoms with Crippen LogP contribution in [-0.4, -0.2) is 41.3 Å². The van der Waals surface area contributed by atoms with Crippen molar-refractivity contribution in [3.05, 3.63) is 59.3 Å². The molecule has 1 fully saturated rings. The molecule has 5 heterocycles. The molecule has 1 amide bonds. The minimum Gasteiger partial charge on any atom is -0.375 e. The zero-order valence-electron chi connectivity index (χ0n) is 21.0. The summed E-state index contributed by atoms with van der Waals surface area (Å²) in [7, 11) is 3.75. The third-order valence-electron chi connectivity index (χ3n) is 8.50. The maximum absolute atomic E-state index is 13.4. The summed E-state index contributed by atoms with van der Waals surface area (Å²) >= 11 is 0. The number of methoxy groups -OCH3 is 1. The Balaban J connectivity index is 1.83. The third kappa shape index (κ3) is 2.36. The number of hydrogen-bond donors (Lipinski definition) is 2. The number of nitrogens with one attached hydrogen (secondary N) is 2. The molecule has 7 nitrogen and oxygen atoms in total. The first-order valence-electron chi connectivity index (χ1n) is 12.6. The van der Waals surface area contributed by atoms with E-state index in [2.05, 4.69) is 63.6 Å². The Labute approximate surface area is 209 Å². The third-order valence-corrected chi connectivity index (χ3v) is 8.50. The number of nitrogens with zero attached hydrogens (tertiary/aromatic N) is 2. The molecule has 3 aliphatic heterocycles. The Morgan fingerprint density at radius 2 is 2.08 bits per heavy atom. The SMILES string of the molecule is C=Cc1c(/C=C\C)n2c3c1c1c(c4c5ccccc5n(c43)C3(C)OC2CC(NC)C3OC)CNC1=O. The number of likely N-dealkylation sites (N-methyl/N-ethyl adjacent to an activating group) is 1. The highest BCUT2D eigenvalue weighted by atomic mass is 16.6. The lowest BCUT2D eigenvalue weighted by molar-refractivity contribution is -0.257. The van der Waals surface area contributed by atoms with Gasteiger partial charge in [0.05, 0.1) is 27.8 Å². The number of amides is 1. The Morgan fingerprint density at radius 1 is 1.28 bits per heavy atom. The van der Waals surface area contributed by atoms with Gasteiger partial charge in [-0.2, -0.15) is 0 Å². The van der Waals surface area contributed by atoms with Gasteiger partial charge in [-0.05, 0) is 38.6 Å². The Kier molecular flexibility index (Phi) is 4.44. The molecule has 2 N–H and O–H groups in total. The van der Waals surface area contributed by atoms with E-state index < -0.39 is 5.72 Å². The second-order valence-corrected chi connectivity index (χ2v) is 10.1. The van der Waals surface area contributed by atoms with E-state index >= 15 is 0 Å². The zero-order chi connectivity index (χ0) is 24.9. The minimum atomic E-state index is -0.787. The molecule has 0 spiro atoms. The van der Waals surface area contributed by atoms with E-state index in [1.165, 1.54) is 0 Å². The maximum Gasteiger partial charge on any atom is 0.252 e. The van der Waals surface area contributed by atoms with Gasteiger partial charge in [-0.1, -0.05) is 36.9 Å². The number of allylic oxidation sites excluding steroid dienone is 1. The van der Waals surface area contributed by atoms with Crippen molar-refractivity contribution in [1.82, 2.24) is 19.8 Å². The van der Waals surface area contributed by atoms with Crippen molar-refractivity contribution in [3.8, 4) is 0 Å². The topological polar surface area (TPSA) is 69.4 Å². The number of fused-ring (bicyclic) bond motifs is 10. The second-order valence-electron chi connectivity index (χ2n) is 10.1. The van der Waals surface area contributed by atoms with Crippen LogP contribution in [0.2, 0.25) is 0 Å². The van der Waals surface area contributed by atoms with Crippen LogP contribution in [-0.2, 0) is 21.7 Å². The van der Waals surface area contributed by atoms with E-state index in [0.717, 1.165) is 61.5 Å². The fourth-order valence-corrected chi connectivity index (χ4v) is 7.23. The van der Waals surface area contributed by atoms with E-state index in [4.69, 9.17) is 9.47 Å². The molecular weight excluding hydrogens is 452 g/mol. The molecule has 4 aromatic rings. The highest BCUT2D eigenvalue weighted by molar-refractivity contribution is 6.27. The average molecular weight is 483 g/mol. The van der Waals surface area contributed by atoms with Crippen molar-refractivity contribution in [3.63, 3.8) is 0 Å². The van der Waals surface area contributed by atoms with Crippen molar-refractivity contribution in [2.75, 3.05) is 14.2 Å². The fourth-order valence-electron chi connectivity index (χ4n) is 7.23. The van der Waals surface area contributed by atoms with E-state index in [-0.39, 0.29) is 24.3 Å². The van der Waals surface area contributed by atoms with Gasteiger partial charge in [-0.15, -0.1) is 0 Å². The lowest BCUT2D eigenvalue weighted by Gasteiger charge is -2.48. The summed E-state index contributed by atoms with van der Waals surface area (Å²) in [6.45, 7) is 8.84. The summed E-state index contributed by atoms with van der Waals surface area (Å²) in [4.78, 5) is 13.4. The van der Waals surface area contributed by atoms with Gasteiger partial charge in [-0.25, -0.2) is 0 Å². The molecule has 7 heteroatoms. The maximum atomic E-state index is 13.4. The number of para-hydroxylation sites is 1. The Bertz CT molecular complexity index is 1660. The van der Waals surface area contributed by atoms with Crippen molar-refractivity contribution in [2.45, 2.75) is 50.9 Å². The number of aromatic nitrogens is 2. The summed E-state index contributed by atoms with van der Waals surface area (Å²) in [6, 6.07) is 8.49. The summed E-state index contributed by atoms with van der Waals surface area (Å²) in [6.07, 6.45) is 6.27. The van der Waals surface area contributed by atoms with Crippen LogP contribution in [0, 0.1) is 0 Å². The monoisotopic (exact) mass is 482 g/mol. The van der Waals surface area contributed by atoms with Crippen LogP contribution in [0.1, 0.15) is 53.7 Å². The summed E-state index contributed by atoms with van der Waals surface area (Å²) in [5, 5.41) is 9.80. The number of rotatable bonds is 4. The fraction of sp³-hybridized carbons (Fsp3) is 0.345. The zero-order valence-corrected chi connectivity index (χ0v) is 21.0. The first kappa shape index (κ1) is 21.9. The van der Waals surface area contributed by atoms with Crippen molar-refractivity contribution in [1.29, 1.82) is 0 Å². The average Bonchev–Trinajstić information content (AvgIpc) is 3.51. The highest BCUT2D eigenvalue weighted by Crippen LogP contribution is 2.53. The molecule has 0 radical (unpaired) electrons. The van der Waals surface area contributed by atoms with Crippen molar-refractivity contribution >= 4 is 50.8 Å².